The molecule has 2 nitrogen and oxygen atoms in total. The van der Waals surface area contributed by atoms with Crippen molar-refractivity contribution in [1.82, 2.24) is 5.32 Å². The Labute approximate surface area is 87.5 Å². The van der Waals surface area contributed by atoms with Gasteiger partial charge in [-0.1, -0.05) is 27.2 Å². The molecule has 0 aromatic heterocycles. The van der Waals surface area contributed by atoms with Crippen molar-refractivity contribution in [2.45, 2.75) is 47.0 Å². The monoisotopic (exact) mass is 197 g/mol. The van der Waals surface area contributed by atoms with Gasteiger partial charge in [0.05, 0.1) is 0 Å². The van der Waals surface area contributed by atoms with E-state index in [2.05, 4.69) is 26.1 Å². The van der Waals surface area contributed by atoms with E-state index in [1.807, 2.05) is 6.92 Å². The van der Waals surface area contributed by atoms with Gasteiger partial charge < -0.3 is 5.32 Å². The van der Waals surface area contributed by atoms with Gasteiger partial charge in [0.15, 0.2) is 0 Å². The Balaban J connectivity index is 2.74. The lowest BCUT2D eigenvalue weighted by atomic mass is 9.64. The van der Waals surface area contributed by atoms with Crippen LogP contribution in [0.25, 0.3) is 0 Å². The minimum Gasteiger partial charge on any atom is -0.356 e. The lowest BCUT2D eigenvalue weighted by Gasteiger charge is -2.41. The Kier molecular flexibility index (Phi) is 3.57. The summed E-state index contributed by atoms with van der Waals surface area (Å²) in [6, 6.07) is 0. The molecule has 0 saturated heterocycles. The Morgan fingerprint density at radius 2 is 2.14 bits per heavy atom. The molecule has 0 heterocycles. The van der Waals surface area contributed by atoms with E-state index in [4.69, 9.17) is 0 Å². The Bertz CT molecular complexity index is 210. The molecule has 1 saturated carbocycles. The molecule has 14 heavy (non-hydrogen) atoms. The molecule has 1 amide bonds. The number of hydrogen-bond donors (Lipinski definition) is 1. The van der Waals surface area contributed by atoms with Crippen LogP contribution in [0.1, 0.15) is 47.0 Å². The first-order valence-electron chi connectivity index (χ1n) is 5.76. The smallest absolute Gasteiger partial charge is 0.223 e. The first-order valence-corrected chi connectivity index (χ1v) is 5.76. The van der Waals surface area contributed by atoms with Crippen molar-refractivity contribution in [2.75, 3.05) is 6.54 Å². The van der Waals surface area contributed by atoms with Crippen LogP contribution in [0, 0.1) is 17.3 Å². The van der Waals surface area contributed by atoms with Crippen molar-refractivity contribution < 1.29 is 4.79 Å². The zero-order valence-electron chi connectivity index (χ0n) is 9.89. The van der Waals surface area contributed by atoms with E-state index in [1.54, 1.807) is 0 Å². The lowest BCUT2D eigenvalue weighted by Crippen LogP contribution is -2.44. The van der Waals surface area contributed by atoms with Crippen molar-refractivity contribution in [3.05, 3.63) is 0 Å². The second kappa shape index (κ2) is 4.33. The maximum atomic E-state index is 11.9. The van der Waals surface area contributed by atoms with E-state index >= 15 is 0 Å². The molecule has 1 rings (SSSR count). The molecule has 1 aliphatic rings. The van der Waals surface area contributed by atoms with Crippen molar-refractivity contribution in [3.63, 3.8) is 0 Å². The maximum Gasteiger partial charge on any atom is 0.223 e. The molecular weight excluding hydrogens is 174 g/mol. The summed E-state index contributed by atoms with van der Waals surface area (Å²) < 4.78 is 0. The van der Waals surface area contributed by atoms with Crippen LogP contribution in [-0.4, -0.2) is 12.5 Å². The highest BCUT2D eigenvalue weighted by Gasteiger charge is 2.41. The quantitative estimate of drug-likeness (QED) is 0.724. The first kappa shape index (κ1) is 11.5. The van der Waals surface area contributed by atoms with E-state index in [0.29, 0.717) is 5.92 Å². The molecule has 1 aliphatic carbocycles. The molecule has 2 atom stereocenters. The molecule has 0 spiro atoms. The van der Waals surface area contributed by atoms with Gasteiger partial charge in [-0.3, -0.25) is 4.79 Å². The fraction of sp³-hybridized carbons (Fsp3) is 0.917. The number of amides is 1. The summed E-state index contributed by atoms with van der Waals surface area (Å²) in [5.74, 6) is 0.992. The summed E-state index contributed by atoms with van der Waals surface area (Å²) in [4.78, 5) is 11.9. The number of carbonyl (C=O) groups excluding carboxylic acids is 1. The molecule has 0 unspecified atom stereocenters. The zero-order chi connectivity index (χ0) is 10.8. The number of hydrogen-bond acceptors (Lipinski definition) is 1. The van der Waals surface area contributed by atoms with Gasteiger partial charge >= 0.3 is 0 Å². The van der Waals surface area contributed by atoms with Gasteiger partial charge in [-0.2, -0.15) is 0 Å². The van der Waals surface area contributed by atoms with Gasteiger partial charge in [0.25, 0.3) is 0 Å². The van der Waals surface area contributed by atoms with E-state index < -0.39 is 0 Å². The third-order valence-corrected chi connectivity index (χ3v) is 3.53. The predicted octanol–water partition coefficient (Wildman–Crippen LogP) is 2.58. The second-order valence-electron chi connectivity index (χ2n) is 5.23. The van der Waals surface area contributed by atoms with Crippen LogP contribution in [0.4, 0.5) is 0 Å². The Morgan fingerprint density at radius 3 is 2.64 bits per heavy atom. The fourth-order valence-electron chi connectivity index (χ4n) is 2.87. The summed E-state index contributed by atoms with van der Waals surface area (Å²) >= 11 is 0. The minimum absolute atomic E-state index is 0.177. The zero-order valence-corrected chi connectivity index (χ0v) is 9.89. The van der Waals surface area contributed by atoms with Crippen LogP contribution in [-0.2, 0) is 4.79 Å². The summed E-state index contributed by atoms with van der Waals surface area (Å²) in [6.07, 6.45) is 3.65. The van der Waals surface area contributed by atoms with Gasteiger partial charge in [-0.05, 0) is 31.1 Å². The molecule has 0 aromatic carbocycles. The summed E-state index contributed by atoms with van der Waals surface area (Å²) in [5, 5.41) is 2.96. The van der Waals surface area contributed by atoms with E-state index in [0.717, 1.165) is 6.54 Å². The molecule has 1 N–H and O–H groups in total. The van der Waals surface area contributed by atoms with Gasteiger partial charge in [0, 0.05) is 12.5 Å². The predicted molar refractivity (Wildman–Crippen MR) is 59.0 cm³/mol. The Hall–Kier alpha value is -0.530. The van der Waals surface area contributed by atoms with Crippen LogP contribution in [0.2, 0.25) is 0 Å². The highest BCUT2D eigenvalue weighted by atomic mass is 16.1. The van der Waals surface area contributed by atoms with Gasteiger partial charge in [-0.25, -0.2) is 0 Å². The maximum absolute atomic E-state index is 11.9. The molecule has 0 aromatic rings. The Morgan fingerprint density at radius 1 is 1.50 bits per heavy atom. The minimum atomic E-state index is 0.177. The van der Waals surface area contributed by atoms with Crippen LogP contribution in [0.15, 0.2) is 0 Å². The summed E-state index contributed by atoms with van der Waals surface area (Å²) in [7, 11) is 0. The van der Waals surface area contributed by atoms with Crippen molar-refractivity contribution >= 4 is 5.91 Å². The van der Waals surface area contributed by atoms with Crippen LogP contribution in [0.3, 0.4) is 0 Å². The van der Waals surface area contributed by atoms with Gasteiger partial charge in [-0.15, -0.1) is 0 Å². The molecule has 0 aliphatic heterocycles. The average molecular weight is 197 g/mol. The van der Waals surface area contributed by atoms with E-state index in [-0.39, 0.29) is 17.2 Å². The molecule has 1 fully saturated rings. The summed E-state index contributed by atoms with van der Waals surface area (Å²) in [5.41, 5.74) is 0.177. The molecule has 0 bridgehead atoms. The standard InChI is InChI=1S/C12H23NO/c1-5-13-11(14)10-9(2)7-6-8-12(10,3)4/h9-10H,5-8H2,1-4H3,(H,13,14)/t9-,10-/m0/s1. The number of nitrogens with one attached hydrogen (secondary N) is 1. The average Bonchev–Trinajstić information content (AvgIpc) is 2.02. The van der Waals surface area contributed by atoms with Gasteiger partial charge in [0.1, 0.15) is 0 Å². The SMILES string of the molecule is CCNC(=O)[C@@H]1[C@@H](C)CCCC1(C)C. The first-order chi connectivity index (χ1) is 6.49. The van der Waals surface area contributed by atoms with Crippen molar-refractivity contribution in [1.29, 1.82) is 0 Å². The summed E-state index contributed by atoms with van der Waals surface area (Å²) in [6.45, 7) is 9.39. The molecular formula is C12H23NO. The topological polar surface area (TPSA) is 29.1 Å². The highest BCUT2D eigenvalue weighted by molar-refractivity contribution is 5.79. The van der Waals surface area contributed by atoms with Crippen LogP contribution < -0.4 is 5.32 Å². The van der Waals surface area contributed by atoms with E-state index in [9.17, 15) is 4.79 Å². The number of rotatable bonds is 2. The third kappa shape index (κ3) is 2.28. The van der Waals surface area contributed by atoms with Crippen LogP contribution >= 0.6 is 0 Å². The van der Waals surface area contributed by atoms with Crippen LogP contribution in [0.5, 0.6) is 0 Å². The second-order valence-corrected chi connectivity index (χ2v) is 5.23. The highest BCUT2D eigenvalue weighted by Crippen LogP contribution is 2.43. The third-order valence-electron chi connectivity index (χ3n) is 3.53. The molecule has 2 heteroatoms. The largest absolute Gasteiger partial charge is 0.356 e. The van der Waals surface area contributed by atoms with Gasteiger partial charge in [0.2, 0.25) is 5.91 Å². The molecule has 0 radical (unpaired) electrons. The fourth-order valence-corrected chi connectivity index (χ4v) is 2.87. The number of carbonyl (C=O) groups is 1. The van der Waals surface area contributed by atoms with Crippen molar-refractivity contribution in [3.8, 4) is 0 Å². The van der Waals surface area contributed by atoms with E-state index in [1.165, 1.54) is 19.3 Å². The normalized spacial score (nSPS) is 31.1. The lowest BCUT2D eigenvalue weighted by molar-refractivity contribution is -0.132. The van der Waals surface area contributed by atoms with Crippen molar-refractivity contribution in [2.24, 2.45) is 17.3 Å². The molecule has 82 valence electrons.